The number of hydrogen-bond donors (Lipinski definition) is 2. The second-order valence-corrected chi connectivity index (χ2v) is 12.7. The fraction of sp³-hybridized carbons (Fsp3) is 0.444. The Morgan fingerprint density at radius 3 is 2.57 bits per heavy atom. The van der Waals surface area contributed by atoms with Gasteiger partial charge >= 0.3 is 0 Å². The molecule has 4 aromatic rings. The van der Waals surface area contributed by atoms with Gasteiger partial charge in [-0.3, -0.25) is 14.5 Å². The maximum absolute atomic E-state index is 13.8. The van der Waals surface area contributed by atoms with Crippen molar-refractivity contribution in [3.8, 4) is 17.2 Å². The van der Waals surface area contributed by atoms with Gasteiger partial charge in [-0.2, -0.15) is 10.4 Å². The van der Waals surface area contributed by atoms with E-state index in [2.05, 4.69) is 26.4 Å². The van der Waals surface area contributed by atoms with Gasteiger partial charge in [0.2, 0.25) is 5.91 Å². The zero-order chi connectivity index (χ0) is 31.9. The number of nitrogens with zero attached hydrogens (tertiary/aromatic N) is 7. The van der Waals surface area contributed by atoms with Crippen LogP contribution in [0.25, 0.3) is 11.1 Å². The molecule has 0 bridgehead atoms. The molecule has 10 nitrogen and oxygen atoms in total. The molecule has 2 N–H and O–H groups in total. The Kier molecular flexibility index (Phi) is 9.99. The number of nitriles is 1. The van der Waals surface area contributed by atoms with Gasteiger partial charge in [0.25, 0.3) is 0 Å². The Morgan fingerprint density at radius 1 is 1.04 bits per heavy atom. The van der Waals surface area contributed by atoms with E-state index in [1.165, 1.54) is 0 Å². The monoisotopic (exact) mass is 618 g/mol. The van der Waals surface area contributed by atoms with E-state index in [4.69, 9.17) is 9.97 Å². The third kappa shape index (κ3) is 7.26. The summed E-state index contributed by atoms with van der Waals surface area (Å²) in [6.07, 6.45) is 14.5. The van der Waals surface area contributed by atoms with E-state index in [1.807, 2.05) is 68.1 Å². The molecule has 1 aliphatic heterocycles. The number of anilines is 1. The standard InChI is InChI=1S/C36H42N8O2/c1-43-24-30(23-41-43)28-13-14-32(38-21-28)34(36(46)40-20-26-6-3-2-4-7-26)27-11-9-25(10-12-27)18-33-39-22-29(19-37)35(42-33)44-16-5-8-31(44)15-17-45/h2-4,6-7,13-14,21-25,27,31,34,45H,5,8-12,15-18,20H2,1H3,(H,40,46)/t25-,27-,31?,34?. The highest BCUT2D eigenvalue weighted by atomic mass is 16.3. The topological polar surface area (TPSA) is 133 Å². The average molecular weight is 619 g/mol. The van der Waals surface area contributed by atoms with Crippen LogP contribution in [0.4, 0.5) is 5.82 Å². The van der Waals surface area contributed by atoms with Crippen LogP contribution in [0.1, 0.15) is 73.5 Å². The molecule has 6 rings (SSSR count). The molecule has 0 radical (unpaired) electrons. The quantitative estimate of drug-likeness (QED) is 0.242. The van der Waals surface area contributed by atoms with Gasteiger partial charge in [-0.25, -0.2) is 9.97 Å². The highest BCUT2D eigenvalue weighted by Crippen LogP contribution is 2.39. The Bertz CT molecular complexity index is 1640. The number of aromatic nitrogens is 5. The number of hydrogen-bond acceptors (Lipinski definition) is 8. The van der Waals surface area contributed by atoms with Crippen LogP contribution in [0.2, 0.25) is 0 Å². The number of rotatable bonds is 11. The minimum absolute atomic E-state index is 0.0112. The molecule has 46 heavy (non-hydrogen) atoms. The largest absolute Gasteiger partial charge is 0.396 e. The summed E-state index contributed by atoms with van der Waals surface area (Å²) in [5, 5.41) is 26.8. The SMILES string of the molecule is Cn1cc(-c2ccc(C(C(=O)NCc3ccccc3)[C@H]3CC[C@H](Cc4ncc(C#N)c(N5CCCC5CCO)n4)CC3)nc2)cn1. The van der Waals surface area contributed by atoms with Crippen molar-refractivity contribution in [2.75, 3.05) is 18.1 Å². The van der Waals surface area contributed by atoms with Crippen molar-refractivity contribution in [2.24, 2.45) is 18.9 Å². The molecule has 1 saturated carbocycles. The zero-order valence-electron chi connectivity index (χ0n) is 26.4. The minimum Gasteiger partial charge on any atom is -0.396 e. The van der Waals surface area contributed by atoms with Crippen molar-refractivity contribution in [2.45, 2.75) is 69.9 Å². The number of carbonyl (C=O) groups is 1. The van der Waals surface area contributed by atoms with Crippen LogP contribution >= 0.6 is 0 Å². The van der Waals surface area contributed by atoms with E-state index in [-0.39, 0.29) is 30.4 Å². The second-order valence-electron chi connectivity index (χ2n) is 12.7. The number of pyridine rings is 1. The molecule has 2 aliphatic rings. The Balaban J connectivity index is 1.15. The molecule has 0 spiro atoms. The number of benzene rings is 1. The molecule has 4 heterocycles. The number of aliphatic hydroxyl groups excluding tert-OH is 1. The van der Waals surface area contributed by atoms with Gasteiger partial charge in [0, 0.05) is 62.7 Å². The van der Waals surface area contributed by atoms with E-state index in [0.29, 0.717) is 30.3 Å². The third-order valence-electron chi connectivity index (χ3n) is 9.62. The Hall–Kier alpha value is -4.62. The summed E-state index contributed by atoms with van der Waals surface area (Å²) in [6, 6.07) is 16.5. The summed E-state index contributed by atoms with van der Waals surface area (Å²) in [5.74, 6) is 1.70. The van der Waals surface area contributed by atoms with Crippen LogP contribution in [0.5, 0.6) is 0 Å². The van der Waals surface area contributed by atoms with Crippen molar-refractivity contribution in [3.05, 3.63) is 89.9 Å². The third-order valence-corrected chi connectivity index (χ3v) is 9.62. The Morgan fingerprint density at radius 2 is 1.87 bits per heavy atom. The maximum atomic E-state index is 13.8. The molecule has 2 fully saturated rings. The molecular formula is C36H42N8O2. The van der Waals surface area contributed by atoms with Crippen molar-refractivity contribution in [1.82, 2.24) is 30.0 Å². The first-order valence-electron chi connectivity index (χ1n) is 16.4. The molecule has 1 aromatic carbocycles. The number of aliphatic hydroxyl groups is 1. The van der Waals surface area contributed by atoms with Gasteiger partial charge in [0.1, 0.15) is 17.5 Å². The summed E-state index contributed by atoms with van der Waals surface area (Å²) in [4.78, 5) is 30.3. The fourth-order valence-corrected chi connectivity index (χ4v) is 7.17. The van der Waals surface area contributed by atoms with Crippen LogP contribution in [-0.4, -0.2) is 54.9 Å². The number of nitrogens with one attached hydrogen (secondary N) is 1. The molecule has 1 saturated heterocycles. The summed E-state index contributed by atoms with van der Waals surface area (Å²) in [6.45, 7) is 1.44. The van der Waals surface area contributed by atoms with Crippen molar-refractivity contribution in [3.63, 3.8) is 0 Å². The maximum Gasteiger partial charge on any atom is 0.229 e. The summed E-state index contributed by atoms with van der Waals surface area (Å²) >= 11 is 0. The highest BCUT2D eigenvalue weighted by Gasteiger charge is 2.35. The van der Waals surface area contributed by atoms with Crippen LogP contribution in [0, 0.1) is 23.2 Å². The number of carbonyl (C=O) groups excluding carboxylic acids is 1. The van der Waals surface area contributed by atoms with E-state index in [9.17, 15) is 15.2 Å². The molecule has 10 heteroatoms. The lowest BCUT2D eigenvalue weighted by atomic mass is 9.73. The van der Waals surface area contributed by atoms with Crippen molar-refractivity contribution >= 4 is 11.7 Å². The van der Waals surface area contributed by atoms with E-state index in [1.54, 1.807) is 10.9 Å². The van der Waals surface area contributed by atoms with Gasteiger partial charge in [0.05, 0.1) is 24.0 Å². The van der Waals surface area contributed by atoms with Gasteiger partial charge < -0.3 is 15.3 Å². The molecule has 1 aliphatic carbocycles. The lowest BCUT2D eigenvalue weighted by molar-refractivity contribution is -0.124. The predicted molar refractivity (Wildman–Crippen MR) is 175 cm³/mol. The molecule has 2 unspecified atom stereocenters. The second kappa shape index (κ2) is 14.6. The fourth-order valence-electron chi connectivity index (χ4n) is 7.17. The normalized spacial score (nSPS) is 20.3. The predicted octanol–water partition coefficient (Wildman–Crippen LogP) is 4.94. The van der Waals surface area contributed by atoms with Crippen LogP contribution < -0.4 is 10.2 Å². The van der Waals surface area contributed by atoms with Gasteiger partial charge in [-0.1, -0.05) is 36.4 Å². The molecule has 3 aromatic heterocycles. The lowest BCUT2D eigenvalue weighted by Gasteiger charge is -2.33. The highest BCUT2D eigenvalue weighted by molar-refractivity contribution is 5.83. The zero-order valence-corrected chi connectivity index (χ0v) is 26.4. The number of amides is 1. The summed E-state index contributed by atoms with van der Waals surface area (Å²) in [5.41, 5.74) is 4.32. The molecule has 2 atom stereocenters. The van der Waals surface area contributed by atoms with E-state index >= 15 is 0 Å². The number of aryl methyl sites for hydroxylation is 1. The van der Waals surface area contributed by atoms with E-state index in [0.717, 1.165) is 79.7 Å². The van der Waals surface area contributed by atoms with Crippen LogP contribution in [0.15, 0.2) is 67.3 Å². The van der Waals surface area contributed by atoms with Crippen LogP contribution in [-0.2, 0) is 24.8 Å². The first-order chi connectivity index (χ1) is 22.5. The van der Waals surface area contributed by atoms with Gasteiger partial charge in [-0.15, -0.1) is 0 Å². The minimum atomic E-state index is -0.344. The van der Waals surface area contributed by atoms with Crippen molar-refractivity contribution < 1.29 is 9.90 Å². The summed E-state index contributed by atoms with van der Waals surface area (Å²) in [7, 11) is 1.89. The first kappa shape index (κ1) is 31.4. The average Bonchev–Trinajstić information content (AvgIpc) is 3.74. The lowest BCUT2D eigenvalue weighted by Crippen LogP contribution is -2.35. The van der Waals surface area contributed by atoms with Gasteiger partial charge in [0.15, 0.2) is 5.82 Å². The molecule has 1 amide bonds. The van der Waals surface area contributed by atoms with Gasteiger partial charge in [-0.05, 0) is 68.4 Å². The smallest absolute Gasteiger partial charge is 0.229 e. The molecule has 238 valence electrons. The van der Waals surface area contributed by atoms with E-state index < -0.39 is 0 Å². The Labute approximate surface area is 270 Å². The van der Waals surface area contributed by atoms with Crippen LogP contribution in [0.3, 0.4) is 0 Å². The summed E-state index contributed by atoms with van der Waals surface area (Å²) < 4.78 is 1.77. The first-order valence-corrected chi connectivity index (χ1v) is 16.4. The van der Waals surface area contributed by atoms with Crippen molar-refractivity contribution in [1.29, 1.82) is 5.26 Å². The molecular weight excluding hydrogens is 576 g/mol.